The van der Waals surface area contributed by atoms with Crippen LogP contribution >= 0.6 is 23.5 Å². The van der Waals surface area contributed by atoms with Crippen LogP contribution in [0.1, 0.15) is 5.56 Å². The molecule has 4 atom stereocenters. The minimum absolute atomic E-state index is 0.0222. The highest BCUT2D eigenvalue weighted by molar-refractivity contribution is 8.19. The number of benzene rings is 2. The molecule has 2 bridgehead atoms. The lowest BCUT2D eigenvalue weighted by atomic mass is 9.74. The first kappa shape index (κ1) is 16.7. The molecule has 0 radical (unpaired) electrons. The van der Waals surface area contributed by atoms with E-state index in [1.54, 1.807) is 23.9 Å². The van der Waals surface area contributed by atoms with Gasteiger partial charge in [-0.1, -0.05) is 60.3 Å². The molecule has 5 nitrogen and oxygen atoms in total. The number of anilines is 1. The summed E-state index contributed by atoms with van der Waals surface area (Å²) in [5.74, 6) is -0.850. The first-order valence-electron chi connectivity index (χ1n) is 9.26. The molecule has 4 aliphatic rings. The van der Waals surface area contributed by atoms with Crippen molar-refractivity contribution in [3.05, 3.63) is 66.2 Å². The minimum Gasteiger partial charge on any atom is -0.316 e. The van der Waals surface area contributed by atoms with E-state index >= 15 is 0 Å². The lowest BCUT2D eigenvalue weighted by molar-refractivity contribution is -0.144. The van der Waals surface area contributed by atoms with Crippen LogP contribution in [0.15, 0.2) is 60.7 Å². The predicted molar refractivity (Wildman–Crippen MR) is 109 cm³/mol. The van der Waals surface area contributed by atoms with Crippen LogP contribution < -0.4 is 4.90 Å². The summed E-state index contributed by atoms with van der Waals surface area (Å²) in [6.45, 7) is 0.626. The van der Waals surface area contributed by atoms with Gasteiger partial charge in [-0.3, -0.25) is 14.4 Å². The molecule has 3 amide bonds. The van der Waals surface area contributed by atoms with E-state index in [2.05, 4.69) is 0 Å². The van der Waals surface area contributed by atoms with Gasteiger partial charge in [0, 0.05) is 12.3 Å². The van der Waals surface area contributed by atoms with Gasteiger partial charge in [0.2, 0.25) is 17.7 Å². The fourth-order valence-electron chi connectivity index (χ4n) is 5.16. The van der Waals surface area contributed by atoms with E-state index in [1.165, 1.54) is 16.7 Å². The second-order valence-electron chi connectivity index (χ2n) is 7.44. The van der Waals surface area contributed by atoms with Gasteiger partial charge < -0.3 is 4.90 Å². The van der Waals surface area contributed by atoms with Gasteiger partial charge in [0.1, 0.15) is 8.95 Å². The summed E-state index contributed by atoms with van der Waals surface area (Å²) in [5, 5.41) is 0. The number of carbonyl (C=O) groups is 3. The van der Waals surface area contributed by atoms with Crippen molar-refractivity contribution < 1.29 is 14.4 Å². The summed E-state index contributed by atoms with van der Waals surface area (Å²) in [7, 11) is 0. The molecule has 2 aromatic carbocycles. The molecule has 6 rings (SSSR count). The molecule has 0 aromatic heterocycles. The number of carbonyl (C=O) groups excluding carboxylic acids is 3. The second kappa shape index (κ2) is 5.42. The minimum atomic E-state index is -1.02. The fourth-order valence-corrected chi connectivity index (χ4v) is 9.28. The number of fused-ring (bicyclic) bond motifs is 3. The van der Waals surface area contributed by atoms with E-state index in [-0.39, 0.29) is 17.7 Å². The van der Waals surface area contributed by atoms with E-state index in [0.29, 0.717) is 12.2 Å². The third-order valence-electron chi connectivity index (χ3n) is 6.22. The maximum Gasteiger partial charge on any atom is 0.246 e. The third kappa shape index (κ3) is 1.71. The molecular weight excluding hydrogens is 392 g/mol. The van der Waals surface area contributed by atoms with Crippen molar-refractivity contribution in [3.63, 3.8) is 0 Å². The Morgan fingerprint density at radius 1 is 0.857 bits per heavy atom. The van der Waals surface area contributed by atoms with E-state index in [4.69, 9.17) is 0 Å². The number of imide groups is 1. The lowest BCUT2D eigenvalue weighted by Gasteiger charge is -2.37. The highest BCUT2D eigenvalue weighted by Gasteiger charge is 2.83. The average molecular weight is 409 g/mol. The third-order valence-corrected chi connectivity index (χ3v) is 9.86. The zero-order chi connectivity index (χ0) is 19.1. The van der Waals surface area contributed by atoms with Gasteiger partial charge in [0.25, 0.3) is 0 Å². The quantitative estimate of drug-likeness (QED) is 0.715. The van der Waals surface area contributed by atoms with Crippen molar-refractivity contribution in [2.24, 2.45) is 11.8 Å². The van der Waals surface area contributed by atoms with Crippen LogP contribution in [0.4, 0.5) is 5.69 Å². The Hall–Kier alpha value is -2.25. The zero-order valence-corrected chi connectivity index (χ0v) is 16.4. The standard InChI is InChI=1S/C21H16N2O3S2/c24-17-15-16(18(25)23(17)14-9-5-2-6-10-14)21-22(11-12-27-21)19(26)20(15,28-21)13-7-3-1-4-8-13/h1-10,15-16H,11-12H2/t15-,16+,20-,21+/m1/s1. The average Bonchev–Trinajstić information content (AvgIpc) is 3.41. The lowest BCUT2D eigenvalue weighted by Crippen LogP contribution is -2.55. The molecule has 4 heterocycles. The van der Waals surface area contributed by atoms with Crippen LogP contribution in [0.25, 0.3) is 0 Å². The van der Waals surface area contributed by atoms with Crippen LogP contribution in [-0.4, -0.2) is 39.1 Å². The van der Waals surface area contributed by atoms with Crippen LogP contribution in [0.5, 0.6) is 0 Å². The van der Waals surface area contributed by atoms with Gasteiger partial charge in [-0.25, -0.2) is 4.90 Å². The van der Waals surface area contributed by atoms with Crippen molar-refractivity contribution in [2.45, 2.75) is 8.95 Å². The van der Waals surface area contributed by atoms with Crippen LogP contribution in [0, 0.1) is 11.8 Å². The number of hydrogen-bond acceptors (Lipinski definition) is 5. The maximum atomic E-state index is 13.6. The smallest absolute Gasteiger partial charge is 0.246 e. The van der Waals surface area contributed by atoms with Gasteiger partial charge in [-0.2, -0.15) is 0 Å². The molecule has 0 saturated carbocycles. The van der Waals surface area contributed by atoms with Crippen molar-refractivity contribution in [3.8, 4) is 0 Å². The van der Waals surface area contributed by atoms with Crippen LogP contribution in [-0.2, 0) is 19.1 Å². The topological polar surface area (TPSA) is 57.7 Å². The Labute approximate surface area is 170 Å². The summed E-state index contributed by atoms with van der Waals surface area (Å²) in [5.41, 5.74) is 1.40. The molecule has 0 unspecified atom stereocenters. The number of hydrogen-bond donors (Lipinski definition) is 0. The largest absolute Gasteiger partial charge is 0.316 e. The van der Waals surface area contributed by atoms with Crippen molar-refractivity contribution in [1.82, 2.24) is 4.90 Å². The molecule has 1 spiro atoms. The maximum absolute atomic E-state index is 13.6. The van der Waals surface area contributed by atoms with Crippen LogP contribution in [0.3, 0.4) is 0 Å². The summed E-state index contributed by atoms with van der Waals surface area (Å²) < 4.78 is -1.69. The molecule has 140 valence electrons. The molecular formula is C21H16N2O3S2. The number of amides is 3. The summed E-state index contributed by atoms with van der Waals surface area (Å²) in [6.07, 6.45) is 0. The predicted octanol–water partition coefficient (Wildman–Crippen LogP) is 2.68. The molecule has 4 fully saturated rings. The van der Waals surface area contributed by atoms with Crippen molar-refractivity contribution in [1.29, 1.82) is 0 Å². The molecule has 28 heavy (non-hydrogen) atoms. The zero-order valence-electron chi connectivity index (χ0n) is 14.8. The van der Waals surface area contributed by atoms with E-state index in [0.717, 1.165) is 11.3 Å². The first-order valence-corrected chi connectivity index (χ1v) is 11.1. The Bertz CT molecular complexity index is 1030. The Morgan fingerprint density at radius 3 is 2.21 bits per heavy atom. The number of thioether (sulfide) groups is 2. The highest BCUT2D eigenvalue weighted by Crippen LogP contribution is 2.76. The normalized spacial score (nSPS) is 35.6. The van der Waals surface area contributed by atoms with Gasteiger partial charge in [0.05, 0.1) is 17.5 Å². The number of nitrogens with zero attached hydrogens (tertiary/aromatic N) is 2. The van der Waals surface area contributed by atoms with Gasteiger partial charge >= 0.3 is 0 Å². The molecule has 0 aliphatic carbocycles. The Kier molecular flexibility index (Phi) is 3.23. The summed E-state index contributed by atoms with van der Waals surface area (Å²) in [6, 6.07) is 18.6. The van der Waals surface area contributed by atoms with E-state index < -0.39 is 20.8 Å². The number of para-hydroxylation sites is 1. The van der Waals surface area contributed by atoms with Crippen molar-refractivity contribution in [2.75, 3.05) is 17.2 Å². The van der Waals surface area contributed by atoms with Crippen LogP contribution in [0.2, 0.25) is 0 Å². The number of piperidine rings is 1. The second-order valence-corrected chi connectivity index (χ2v) is 10.5. The highest BCUT2D eigenvalue weighted by atomic mass is 32.2. The van der Waals surface area contributed by atoms with Crippen molar-refractivity contribution >= 4 is 46.9 Å². The fraction of sp³-hybridized carbons (Fsp3) is 0.286. The molecule has 2 aromatic rings. The first-order chi connectivity index (χ1) is 13.6. The molecule has 4 saturated heterocycles. The SMILES string of the molecule is O=C1[C@@H]2[C@H](C(=O)N1c1ccccc1)[C@@]1(c3ccccc3)S[C@@]23SCCN3C1=O. The van der Waals surface area contributed by atoms with E-state index in [1.807, 2.05) is 53.4 Å². The van der Waals surface area contributed by atoms with Gasteiger partial charge in [-0.05, 0) is 17.7 Å². The molecule has 0 N–H and O–H groups in total. The summed E-state index contributed by atoms with van der Waals surface area (Å²) in [4.78, 5) is 43.9. The van der Waals surface area contributed by atoms with Gasteiger partial charge in [0.15, 0.2) is 0 Å². The van der Waals surface area contributed by atoms with E-state index in [9.17, 15) is 14.4 Å². The Morgan fingerprint density at radius 2 is 1.50 bits per heavy atom. The van der Waals surface area contributed by atoms with Gasteiger partial charge in [-0.15, -0.1) is 11.8 Å². The molecule has 7 heteroatoms. The summed E-state index contributed by atoms with van der Waals surface area (Å²) >= 11 is 3.17. The number of rotatable bonds is 2. The monoisotopic (exact) mass is 408 g/mol. The Balaban J connectivity index is 1.58. The molecule has 4 aliphatic heterocycles.